The summed E-state index contributed by atoms with van der Waals surface area (Å²) < 4.78 is 0. The number of aliphatic hydroxyl groups excluding tert-OH is 1. The van der Waals surface area contributed by atoms with Crippen molar-refractivity contribution in [3.63, 3.8) is 0 Å². The molecule has 71 heavy (non-hydrogen) atoms. The zero-order valence-electron chi connectivity index (χ0n) is 40.6. The summed E-state index contributed by atoms with van der Waals surface area (Å²) in [6, 6.07) is -2.57. The number of carboxylic acid groups (broad SMARTS) is 1. The number of fused-ring (bicyclic) bond motifs is 1. The Bertz CT molecular complexity index is 2270. The first kappa shape index (κ1) is 58.0. The number of carbonyl (C=O) groups is 10. The first-order chi connectivity index (χ1) is 33.3. The summed E-state index contributed by atoms with van der Waals surface area (Å²) in [5.41, 5.74) is 20.8. The van der Waals surface area contributed by atoms with Crippen LogP contribution in [0.15, 0.2) is 35.5 Å². The van der Waals surface area contributed by atoms with Gasteiger partial charge in [0.05, 0.1) is 18.6 Å². The van der Waals surface area contributed by atoms with Crippen LogP contribution in [0, 0.1) is 5.92 Å². The van der Waals surface area contributed by atoms with Crippen molar-refractivity contribution in [3.05, 3.63) is 36.0 Å². The third kappa shape index (κ3) is 18.2. The molecule has 0 radical (unpaired) electrons. The lowest BCUT2D eigenvalue weighted by Gasteiger charge is -2.32. The summed E-state index contributed by atoms with van der Waals surface area (Å²) >= 11 is 0. The minimum absolute atomic E-state index is 0.0609. The molecule has 3 rings (SSSR count). The Labute approximate surface area is 410 Å². The molecule has 1 saturated heterocycles. The number of aliphatic hydroxyl groups is 1. The standard InChI is InChI=1S/C45H70N14O12/c1-6-22(2)34(57-39(66)31(20-33(47)62)55-36(63)27-13-9-17-50-27)40(67)58-35(23(3)60)41(68)59-45(4,5)43(71)56-30(19-24-21-52-26-12-8-7-11-25(24)26)38(65)53-28(15-16-32(46)61)37(64)54-29(42(69)70)14-10-18-51-44(48)49/h7-8,11-12,21-23,27-31,34-35,50,52,60H,6,9-10,13-20H2,1-5H3,(H2,46,61)(H2,47,62)(H,53,65)(H,54,64)(H,55,63)(H,56,71)(H,57,66)(H,58,67)(H,59,68)(H,69,70)(H4,48,49,51)/t22-,23+,27-,28-,29-,30-,31-,34-,35-/m0/s1. The molecule has 9 amide bonds. The van der Waals surface area contributed by atoms with Crippen LogP contribution in [0.3, 0.4) is 0 Å². The van der Waals surface area contributed by atoms with Gasteiger partial charge in [-0.05, 0) is 77.0 Å². The highest BCUT2D eigenvalue weighted by atomic mass is 16.4. The van der Waals surface area contributed by atoms with E-state index < -0.39 is 132 Å². The summed E-state index contributed by atoms with van der Waals surface area (Å²) in [6.07, 6.45) is 0.0559. The van der Waals surface area contributed by atoms with Crippen LogP contribution in [0.25, 0.3) is 10.9 Å². The fraction of sp³-hybridized carbons (Fsp3) is 0.578. The number of nitrogens with one attached hydrogen (secondary N) is 9. The topological polar surface area (TPSA) is 440 Å². The Morgan fingerprint density at radius 1 is 0.775 bits per heavy atom. The van der Waals surface area contributed by atoms with E-state index in [1.165, 1.54) is 20.8 Å². The third-order valence-electron chi connectivity index (χ3n) is 11.9. The van der Waals surface area contributed by atoms with Crippen molar-refractivity contribution >= 4 is 76.0 Å². The van der Waals surface area contributed by atoms with Gasteiger partial charge in [-0.25, -0.2) is 4.79 Å². The molecule has 0 spiro atoms. The van der Waals surface area contributed by atoms with Crippen LogP contribution in [-0.4, -0.2) is 147 Å². The number of nitrogens with zero attached hydrogens (tertiary/aromatic N) is 1. The molecule has 19 N–H and O–H groups in total. The van der Waals surface area contributed by atoms with Crippen molar-refractivity contribution in [1.82, 2.24) is 47.5 Å². The van der Waals surface area contributed by atoms with E-state index in [9.17, 15) is 58.2 Å². The lowest BCUT2D eigenvalue weighted by Crippen LogP contribution is -2.65. The Hall–Kier alpha value is -7.35. The molecule has 0 unspecified atom stereocenters. The Kier molecular flexibility index (Phi) is 22.2. The molecule has 2 heterocycles. The molecule has 1 aliphatic rings. The number of aromatic amines is 1. The Morgan fingerprint density at radius 2 is 1.41 bits per heavy atom. The zero-order chi connectivity index (χ0) is 53.2. The molecule has 1 aromatic carbocycles. The van der Waals surface area contributed by atoms with E-state index in [4.69, 9.17) is 22.9 Å². The second kappa shape index (κ2) is 27.2. The number of amides is 9. The molecular weight excluding hydrogens is 929 g/mol. The van der Waals surface area contributed by atoms with Crippen LogP contribution in [-0.2, 0) is 54.4 Å². The number of nitrogens with two attached hydrogens (primary N) is 4. The minimum Gasteiger partial charge on any atom is -0.480 e. The molecule has 1 fully saturated rings. The minimum atomic E-state index is -1.90. The first-order valence-corrected chi connectivity index (χ1v) is 23.3. The molecule has 9 atom stereocenters. The number of benzene rings is 1. The molecular formula is C45H70N14O12. The number of rotatable bonds is 29. The Balaban J connectivity index is 1.86. The fourth-order valence-electron chi connectivity index (χ4n) is 7.57. The zero-order valence-corrected chi connectivity index (χ0v) is 40.6. The predicted molar refractivity (Wildman–Crippen MR) is 258 cm³/mol. The van der Waals surface area contributed by atoms with Gasteiger partial charge < -0.3 is 80.7 Å². The average Bonchev–Trinajstić information content (AvgIpc) is 3.99. The second-order valence-corrected chi connectivity index (χ2v) is 18.1. The number of guanidine groups is 1. The lowest BCUT2D eigenvalue weighted by molar-refractivity contribution is -0.142. The molecule has 2 aromatic rings. The maximum absolute atomic E-state index is 14.3. The van der Waals surface area contributed by atoms with Gasteiger partial charge in [0, 0.05) is 36.5 Å². The smallest absolute Gasteiger partial charge is 0.326 e. The quantitative estimate of drug-likeness (QED) is 0.0210. The molecule has 0 saturated carbocycles. The highest BCUT2D eigenvalue weighted by Gasteiger charge is 2.40. The van der Waals surface area contributed by atoms with Crippen LogP contribution in [0.1, 0.15) is 91.5 Å². The first-order valence-electron chi connectivity index (χ1n) is 23.3. The number of carbonyl (C=O) groups excluding carboxylic acids is 9. The molecule has 26 nitrogen and oxygen atoms in total. The number of carboxylic acids is 1. The fourth-order valence-corrected chi connectivity index (χ4v) is 7.57. The highest BCUT2D eigenvalue weighted by Crippen LogP contribution is 2.20. The number of aliphatic carboxylic acids is 1. The van der Waals surface area contributed by atoms with Crippen LogP contribution in [0.4, 0.5) is 0 Å². The average molecular weight is 999 g/mol. The van der Waals surface area contributed by atoms with E-state index in [1.54, 1.807) is 44.3 Å². The monoisotopic (exact) mass is 999 g/mol. The summed E-state index contributed by atoms with van der Waals surface area (Å²) in [6.45, 7) is 7.75. The molecule has 1 aliphatic heterocycles. The summed E-state index contributed by atoms with van der Waals surface area (Å²) in [7, 11) is 0. The lowest BCUT2D eigenvalue weighted by atomic mass is 9.96. The Morgan fingerprint density at radius 3 is 2.00 bits per heavy atom. The second-order valence-electron chi connectivity index (χ2n) is 18.1. The van der Waals surface area contributed by atoms with E-state index >= 15 is 0 Å². The number of hydrogen-bond acceptors (Lipinski definition) is 13. The van der Waals surface area contributed by atoms with Gasteiger partial charge >= 0.3 is 5.97 Å². The van der Waals surface area contributed by atoms with Gasteiger partial charge in [-0.15, -0.1) is 0 Å². The molecule has 0 bridgehead atoms. The third-order valence-corrected chi connectivity index (χ3v) is 11.9. The molecule has 26 heteroatoms. The van der Waals surface area contributed by atoms with E-state index in [-0.39, 0.29) is 38.2 Å². The SMILES string of the molecule is CC[C@H](C)[C@H](NC(=O)[C@H](CC(N)=O)NC(=O)[C@@H]1CCCN1)C(=O)N[C@H](C(=O)NC(C)(C)C(=O)N[C@@H](Cc1c[nH]c2ccccc12)C(=O)N[C@@H](CCC(N)=O)C(=O)N[C@@H](CCCN=C(N)N)C(=O)O)[C@@H](C)O. The van der Waals surface area contributed by atoms with Crippen LogP contribution >= 0.6 is 0 Å². The maximum atomic E-state index is 14.3. The van der Waals surface area contributed by atoms with E-state index in [1.807, 2.05) is 0 Å². The number of para-hydroxylation sites is 1. The van der Waals surface area contributed by atoms with E-state index in [2.05, 4.69) is 52.5 Å². The number of aromatic nitrogens is 1. The molecule has 392 valence electrons. The van der Waals surface area contributed by atoms with Crippen molar-refractivity contribution in [2.24, 2.45) is 33.8 Å². The maximum Gasteiger partial charge on any atom is 0.326 e. The molecule has 1 aromatic heterocycles. The van der Waals surface area contributed by atoms with Crippen molar-refractivity contribution in [3.8, 4) is 0 Å². The molecule has 0 aliphatic carbocycles. The van der Waals surface area contributed by atoms with Gasteiger partial charge in [0.2, 0.25) is 53.2 Å². The summed E-state index contributed by atoms with van der Waals surface area (Å²) in [4.78, 5) is 139. The normalized spacial score (nSPS) is 16.8. The van der Waals surface area contributed by atoms with Crippen molar-refractivity contribution in [2.45, 2.75) is 146 Å². The van der Waals surface area contributed by atoms with Crippen molar-refractivity contribution in [2.75, 3.05) is 13.1 Å². The summed E-state index contributed by atoms with van der Waals surface area (Å²) in [5.74, 6) is -10.2. The van der Waals surface area contributed by atoms with Gasteiger partial charge in [0.1, 0.15) is 41.8 Å². The van der Waals surface area contributed by atoms with E-state index in [0.717, 1.165) is 6.42 Å². The highest BCUT2D eigenvalue weighted by molar-refractivity contribution is 6.00. The van der Waals surface area contributed by atoms with Gasteiger partial charge in [0.25, 0.3) is 0 Å². The van der Waals surface area contributed by atoms with Crippen LogP contribution < -0.4 is 65.5 Å². The van der Waals surface area contributed by atoms with Crippen LogP contribution in [0.2, 0.25) is 0 Å². The largest absolute Gasteiger partial charge is 0.480 e. The van der Waals surface area contributed by atoms with Crippen molar-refractivity contribution in [1.29, 1.82) is 0 Å². The number of H-pyrrole nitrogens is 1. The number of hydrogen-bond donors (Lipinski definition) is 15. The number of aliphatic imine (C=N–C) groups is 1. The van der Waals surface area contributed by atoms with Gasteiger partial charge in [-0.2, -0.15) is 0 Å². The number of primary amides is 2. The predicted octanol–water partition coefficient (Wildman–Crippen LogP) is -4.03. The summed E-state index contributed by atoms with van der Waals surface area (Å²) in [5, 5.41) is 41.8. The van der Waals surface area contributed by atoms with Gasteiger partial charge in [-0.1, -0.05) is 38.5 Å². The van der Waals surface area contributed by atoms with Crippen LogP contribution in [0.5, 0.6) is 0 Å². The van der Waals surface area contributed by atoms with Gasteiger partial charge in [-0.3, -0.25) is 48.1 Å². The van der Waals surface area contributed by atoms with Gasteiger partial charge in [0.15, 0.2) is 5.96 Å². The van der Waals surface area contributed by atoms with E-state index in [0.29, 0.717) is 35.9 Å². The van der Waals surface area contributed by atoms with Crippen molar-refractivity contribution < 1.29 is 58.2 Å².